The van der Waals surface area contributed by atoms with Crippen LogP contribution < -0.4 is 9.47 Å². The van der Waals surface area contributed by atoms with Gasteiger partial charge in [-0.25, -0.2) is 4.79 Å². The first kappa shape index (κ1) is 20.7. The zero-order valence-corrected chi connectivity index (χ0v) is 17.2. The Morgan fingerprint density at radius 3 is 2.34 bits per heavy atom. The minimum atomic E-state index is -0.697. The summed E-state index contributed by atoms with van der Waals surface area (Å²) in [6, 6.07) is 23.0. The number of hydrogen-bond donors (Lipinski definition) is 0. The van der Waals surface area contributed by atoms with Crippen LogP contribution in [0.2, 0.25) is 5.02 Å². The van der Waals surface area contributed by atoms with Gasteiger partial charge in [0.2, 0.25) is 0 Å². The minimum absolute atomic E-state index is 0.317. The third kappa shape index (κ3) is 5.75. The third-order valence-electron chi connectivity index (χ3n) is 4.28. The Morgan fingerprint density at radius 1 is 0.966 bits per heavy atom. The zero-order valence-electron chi connectivity index (χ0n) is 16.4. The average molecular weight is 411 g/mol. The lowest BCUT2D eigenvalue weighted by atomic mass is 10.1. The lowest BCUT2D eigenvalue weighted by molar-refractivity contribution is -0.150. The molecule has 0 saturated heterocycles. The molecule has 0 saturated carbocycles. The van der Waals surface area contributed by atoms with Gasteiger partial charge in [0, 0.05) is 10.6 Å². The maximum atomic E-state index is 11.8. The molecule has 0 aliphatic rings. The first-order chi connectivity index (χ1) is 14.1. The van der Waals surface area contributed by atoms with Crippen LogP contribution in [0.1, 0.15) is 19.4 Å². The first-order valence-electron chi connectivity index (χ1n) is 9.47. The van der Waals surface area contributed by atoms with Gasteiger partial charge in [0.25, 0.3) is 0 Å². The van der Waals surface area contributed by atoms with Crippen LogP contribution >= 0.6 is 11.6 Å². The Morgan fingerprint density at radius 2 is 1.66 bits per heavy atom. The fourth-order valence-corrected chi connectivity index (χ4v) is 3.01. The molecule has 1 unspecified atom stereocenters. The van der Waals surface area contributed by atoms with Crippen LogP contribution in [0.25, 0.3) is 11.1 Å². The lowest BCUT2D eigenvalue weighted by Gasteiger charge is -2.15. The summed E-state index contributed by atoms with van der Waals surface area (Å²) in [5, 5.41) is 0.596. The van der Waals surface area contributed by atoms with Gasteiger partial charge < -0.3 is 14.2 Å². The predicted octanol–water partition coefficient (Wildman–Crippen LogP) is 5.92. The van der Waals surface area contributed by atoms with E-state index in [1.54, 1.807) is 26.0 Å². The highest BCUT2D eigenvalue weighted by atomic mass is 35.5. The Balaban J connectivity index is 1.70. The highest BCUT2D eigenvalue weighted by Gasteiger charge is 2.16. The van der Waals surface area contributed by atoms with Crippen LogP contribution in [0.3, 0.4) is 0 Å². The Hall–Kier alpha value is -2.98. The molecule has 150 valence electrons. The molecule has 0 radical (unpaired) electrons. The normalized spacial score (nSPS) is 11.6. The van der Waals surface area contributed by atoms with Crippen LogP contribution in [-0.4, -0.2) is 18.7 Å². The molecule has 3 aromatic carbocycles. The number of esters is 1. The fraction of sp³-hybridized carbons (Fsp3) is 0.208. The average Bonchev–Trinajstić information content (AvgIpc) is 2.75. The predicted molar refractivity (Wildman–Crippen MR) is 114 cm³/mol. The molecule has 0 N–H and O–H groups in total. The Bertz CT molecular complexity index is 939. The van der Waals surface area contributed by atoms with Crippen molar-refractivity contribution in [2.75, 3.05) is 6.61 Å². The van der Waals surface area contributed by atoms with Crippen molar-refractivity contribution >= 4 is 17.6 Å². The number of halogens is 1. The van der Waals surface area contributed by atoms with E-state index in [4.69, 9.17) is 25.8 Å². The highest BCUT2D eigenvalue weighted by Crippen LogP contribution is 2.33. The standard InChI is InChI=1S/C24H23ClO4/c1-3-27-24(26)17(2)29-21-13-14-23(25)22(15-21)19-9-11-20(12-10-19)28-16-18-7-5-4-6-8-18/h4-15,17H,3,16H2,1-2H3. The summed E-state index contributed by atoms with van der Waals surface area (Å²) in [6.07, 6.45) is -0.697. The van der Waals surface area contributed by atoms with E-state index < -0.39 is 12.1 Å². The van der Waals surface area contributed by atoms with Crippen molar-refractivity contribution in [2.24, 2.45) is 0 Å². The molecular weight excluding hydrogens is 388 g/mol. The van der Waals surface area contributed by atoms with Crippen molar-refractivity contribution in [1.82, 2.24) is 0 Å². The van der Waals surface area contributed by atoms with Gasteiger partial charge in [0.15, 0.2) is 6.10 Å². The van der Waals surface area contributed by atoms with E-state index in [2.05, 4.69) is 0 Å². The van der Waals surface area contributed by atoms with E-state index in [0.29, 0.717) is 24.0 Å². The fourth-order valence-electron chi connectivity index (χ4n) is 2.78. The lowest BCUT2D eigenvalue weighted by Crippen LogP contribution is -2.26. The smallest absolute Gasteiger partial charge is 0.347 e. The van der Waals surface area contributed by atoms with Crippen LogP contribution in [0, 0.1) is 0 Å². The van der Waals surface area contributed by atoms with Gasteiger partial charge >= 0.3 is 5.97 Å². The van der Waals surface area contributed by atoms with Crippen molar-refractivity contribution in [3.63, 3.8) is 0 Å². The number of benzene rings is 3. The second-order valence-corrected chi connectivity index (χ2v) is 6.86. The monoisotopic (exact) mass is 410 g/mol. The molecular formula is C24H23ClO4. The number of carbonyl (C=O) groups is 1. The number of ether oxygens (including phenoxy) is 3. The molecule has 0 spiro atoms. The molecule has 5 heteroatoms. The van der Waals surface area contributed by atoms with Crippen molar-refractivity contribution in [3.8, 4) is 22.6 Å². The van der Waals surface area contributed by atoms with Gasteiger partial charge in [-0.1, -0.05) is 54.1 Å². The minimum Gasteiger partial charge on any atom is -0.489 e. The first-order valence-corrected chi connectivity index (χ1v) is 9.84. The molecule has 0 bridgehead atoms. The Labute approximate surface area is 176 Å². The quantitative estimate of drug-likeness (QED) is 0.432. The van der Waals surface area contributed by atoms with Crippen LogP contribution in [-0.2, 0) is 16.1 Å². The van der Waals surface area contributed by atoms with Crippen molar-refractivity contribution in [3.05, 3.63) is 83.4 Å². The van der Waals surface area contributed by atoms with Crippen LogP contribution in [0.15, 0.2) is 72.8 Å². The van der Waals surface area contributed by atoms with Crippen molar-refractivity contribution in [2.45, 2.75) is 26.6 Å². The van der Waals surface area contributed by atoms with Crippen LogP contribution in [0.5, 0.6) is 11.5 Å². The summed E-state index contributed by atoms with van der Waals surface area (Å²) < 4.78 is 16.5. The zero-order chi connectivity index (χ0) is 20.6. The van der Waals surface area contributed by atoms with Crippen molar-refractivity contribution in [1.29, 1.82) is 0 Å². The summed E-state index contributed by atoms with van der Waals surface area (Å²) >= 11 is 6.38. The maximum Gasteiger partial charge on any atom is 0.347 e. The SMILES string of the molecule is CCOC(=O)C(C)Oc1ccc(Cl)c(-c2ccc(OCc3ccccc3)cc2)c1. The van der Waals surface area contributed by atoms with Crippen molar-refractivity contribution < 1.29 is 19.0 Å². The van der Waals surface area contributed by atoms with Gasteiger partial charge in [-0.2, -0.15) is 0 Å². The summed E-state index contributed by atoms with van der Waals surface area (Å²) in [4.78, 5) is 11.8. The summed E-state index contributed by atoms with van der Waals surface area (Å²) in [5.41, 5.74) is 2.85. The van der Waals surface area contributed by atoms with Gasteiger partial charge in [-0.15, -0.1) is 0 Å². The molecule has 0 aliphatic heterocycles. The number of hydrogen-bond acceptors (Lipinski definition) is 4. The van der Waals surface area contributed by atoms with Gasteiger partial charge in [0.05, 0.1) is 6.61 Å². The van der Waals surface area contributed by atoms with Gasteiger partial charge in [0.1, 0.15) is 18.1 Å². The number of rotatable bonds is 8. The van der Waals surface area contributed by atoms with E-state index in [1.807, 2.05) is 60.7 Å². The second-order valence-electron chi connectivity index (χ2n) is 6.45. The molecule has 4 nitrogen and oxygen atoms in total. The molecule has 3 aromatic rings. The molecule has 0 aromatic heterocycles. The second kappa shape index (κ2) is 9.99. The van der Waals surface area contributed by atoms with E-state index >= 15 is 0 Å². The van der Waals surface area contributed by atoms with E-state index in [-0.39, 0.29) is 0 Å². The molecule has 0 aliphatic carbocycles. The van der Waals surface area contributed by atoms with E-state index in [9.17, 15) is 4.79 Å². The molecule has 3 rings (SSSR count). The summed E-state index contributed by atoms with van der Waals surface area (Å²) in [6.45, 7) is 4.25. The Kier molecular flexibility index (Phi) is 7.14. The molecule has 0 heterocycles. The van der Waals surface area contributed by atoms with Gasteiger partial charge in [-0.05, 0) is 55.3 Å². The van der Waals surface area contributed by atoms with Gasteiger partial charge in [-0.3, -0.25) is 0 Å². The van der Waals surface area contributed by atoms with E-state index in [1.165, 1.54) is 0 Å². The van der Waals surface area contributed by atoms with Crippen LogP contribution in [0.4, 0.5) is 0 Å². The molecule has 0 amide bonds. The summed E-state index contributed by atoms with van der Waals surface area (Å²) in [5.74, 6) is 0.926. The molecule has 0 fully saturated rings. The third-order valence-corrected chi connectivity index (χ3v) is 4.61. The topological polar surface area (TPSA) is 44.8 Å². The largest absolute Gasteiger partial charge is 0.489 e. The maximum absolute atomic E-state index is 11.8. The summed E-state index contributed by atoms with van der Waals surface area (Å²) in [7, 11) is 0. The number of carbonyl (C=O) groups excluding carboxylic acids is 1. The van der Waals surface area contributed by atoms with E-state index in [0.717, 1.165) is 22.4 Å². The highest BCUT2D eigenvalue weighted by molar-refractivity contribution is 6.33. The molecule has 29 heavy (non-hydrogen) atoms. The molecule has 1 atom stereocenters.